The number of aryl methyl sites for hydroxylation is 1. The summed E-state index contributed by atoms with van der Waals surface area (Å²) in [4.78, 5) is 0.192. The summed E-state index contributed by atoms with van der Waals surface area (Å²) in [6.07, 6.45) is 0. The minimum Gasteiger partial charge on any atom is -0.493 e. The molecule has 0 spiro atoms. The maximum Gasteiger partial charge on any atom is 0.264 e. The van der Waals surface area contributed by atoms with E-state index in [-0.39, 0.29) is 11.4 Å². The quantitative estimate of drug-likeness (QED) is 0.849. The van der Waals surface area contributed by atoms with E-state index in [4.69, 9.17) is 14.2 Å². The van der Waals surface area contributed by atoms with Crippen molar-refractivity contribution < 1.29 is 22.6 Å². The van der Waals surface area contributed by atoms with Gasteiger partial charge in [-0.1, -0.05) is 12.1 Å². The Balaban J connectivity index is 2.13. The Morgan fingerprint density at radius 3 is 2.46 bits per heavy atom. The van der Waals surface area contributed by atoms with E-state index >= 15 is 0 Å². The Morgan fingerprint density at radius 1 is 1.08 bits per heavy atom. The number of nitrogens with zero attached hydrogens (tertiary/aromatic N) is 1. The molecule has 0 saturated heterocycles. The second-order valence-electron chi connectivity index (χ2n) is 5.37. The Morgan fingerprint density at radius 2 is 1.75 bits per heavy atom. The van der Waals surface area contributed by atoms with Gasteiger partial charge in [-0.3, -0.25) is 4.31 Å². The third kappa shape index (κ3) is 2.65. The molecule has 0 amide bonds. The lowest BCUT2D eigenvalue weighted by Crippen LogP contribution is -2.38. The highest BCUT2D eigenvalue weighted by molar-refractivity contribution is 7.92. The van der Waals surface area contributed by atoms with Crippen molar-refractivity contribution in [2.24, 2.45) is 0 Å². The van der Waals surface area contributed by atoms with E-state index in [0.717, 1.165) is 0 Å². The summed E-state index contributed by atoms with van der Waals surface area (Å²) in [5.74, 6) is 1.44. The maximum atomic E-state index is 13.2. The van der Waals surface area contributed by atoms with Gasteiger partial charge in [-0.15, -0.1) is 0 Å². The number of anilines is 1. The van der Waals surface area contributed by atoms with Crippen molar-refractivity contribution in [2.45, 2.75) is 11.8 Å². The number of fused-ring (bicyclic) bond motifs is 1. The van der Waals surface area contributed by atoms with Crippen molar-refractivity contribution in [2.75, 3.05) is 31.7 Å². The third-order valence-corrected chi connectivity index (χ3v) is 5.89. The molecule has 0 fully saturated rings. The lowest BCUT2D eigenvalue weighted by atomic mass is 10.2. The van der Waals surface area contributed by atoms with E-state index in [1.807, 2.05) is 6.07 Å². The van der Waals surface area contributed by atoms with Crippen molar-refractivity contribution >= 4 is 15.7 Å². The number of rotatable bonds is 4. The van der Waals surface area contributed by atoms with Crippen LogP contribution < -0.4 is 18.5 Å². The van der Waals surface area contributed by atoms with E-state index in [9.17, 15) is 8.42 Å². The van der Waals surface area contributed by atoms with Gasteiger partial charge in [0.25, 0.3) is 10.0 Å². The molecule has 7 heteroatoms. The number of para-hydroxylation sites is 2. The topological polar surface area (TPSA) is 65.1 Å². The summed E-state index contributed by atoms with van der Waals surface area (Å²) in [6, 6.07) is 10.3. The van der Waals surface area contributed by atoms with Gasteiger partial charge in [0.1, 0.15) is 12.4 Å². The first-order chi connectivity index (χ1) is 11.5. The van der Waals surface area contributed by atoms with Gasteiger partial charge in [-0.2, -0.15) is 0 Å². The summed E-state index contributed by atoms with van der Waals surface area (Å²) in [5, 5.41) is 0. The molecule has 0 radical (unpaired) electrons. The molecule has 0 N–H and O–H groups in total. The van der Waals surface area contributed by atoms with Crippen LogP contribution >= 0.6 is 0 Å². The van der Waals surface area contributed by atoms with Crippen LogP contribution in [0.3, 0.4) is 0 Å². The molecular formula is C17H19NO5S. The van der Waals surface area contributed by atoms with Gasteiger partial charge in [0.2, 0.25) is 0 Å². The van der Waals surface area contributed by atoms with Crippen LogP contribution in [0.15, 0.2) is 41.3 Å². The van der Waals surface area contributed by atoms with Gasteiger partial charge in [0, 0.05) is 6.07 Å². The van der Waals surface area contributed by atoms with Gasteiger partial charge < -0.3 is 14.2 Å². The van der Waals surface area contributed by atoms with Gasteiger partial charge >= 0.3 is 0 Å². The van der Waals surface area contributed by atoms with E-state index in [2.05, 4.69) is 0 Å². The zero-order valence-corrected chi connectivity index (χ0v) is 14.6. The van der Waals surface area contributed by atoms with Crippen LogP contribution in [0.25, 0.3) is 0 Å². The number of methoxy groups -OCH3 is 2. The van der Waals surface area contributed by atoms with Crippen molar-refractivity contribution in [3.8, 4) is 17.2 Å². The molecule has 2 aromatic carbocycles. The van der Waals surface area contributed by atoms with Crippen LogP contribution in [0.2, 0.25) is 0 Å². The predicted molar refractivity (Wildman–Crippen MR) is 90.8 cm³/mol. The molecule has 24 heavy (non-hydrogen) atoms. The normalized spacial score (nSPS) is 13.9. The van der Waals surface area contributed by atoms with Crippen LogP contribution in [0.5, 0.6) is 17.2 Å². The highest BCUT2D eigenvalue weighted by Gasteiger charge is 2.31. The molecule has 1 heterocycles. The molecule has 0 unspecified atom stereocenters. The Hall–Kier alpha value is -2.41. The second kappa shape index (κ2) is 6.24. The van der Waals surface area contributed by atoms with E-state index in [0.29, 0.717) is 35.1 Å². The Kier molecular flexibility index (Phi) is 4.28. The van der Waals surface area contributed by atoms with Gasteiger partial charge in [-0.05, 0) is 30.7 Å². The van der Waals surface area contributed by atoms with E-state index < -0.39 is 10.0 Å². The first-order valence-corrected chi connectivity index (χ1v) is 8.90. The molecule has 0 saturated carbocycles. The fraction of sp³-hybridized carbons (Fsp3) is 0.294. The molecule has 2 aromatic rings. The highest BCUT2D eigenvalue weighted by Crippen LogP contribution is 2.38. The smallest absolute Gasteiger partial charge is 0.264 e. The largest absolute Gasteiger partial charge is 0.493 e. The van der Waals surface area contributed by atoms with Crippen LogP contribution in [0.4, 0.5) is 5.69 Å². The maximum absolute atomic E-state index is 13.2. The Labute approximate surface area is 141 Å². The number of sulfonamides is 1. The van der Waals surface area contributed by atoms with Gasteiger partial charge in [-0.25, -0.2) is 8.42 Å². The molecule has 1 aliphatic heterocycles. The van der Waals surface area contributed by atoms with Gasteiger partial charge in [0.05, 0.1) is 31.3 Å². The molecule has 0 aliphatic carbocycles. The fourth-order valence-corrected chi connectivity index (χ4v) is 4.44. The lowest BCUT2D eigenvalue weighted by molar-refractivity contribution is 0.316. The van der Waals surface area contributed by atoms with Crippen LogP contribution in [-0.2, 0) is 10.0 Å². The first-order valence-electron chi connectivity index (χ1n) is 7.46. The summed E-state index contributed by atoms with van der Waals surface area (Å²) in [7, 11) is -0.749. The zero-order valence-electron chi connectivity index (χ0n) is 13.8. The van der Waals surface area contributed by atoms with E-state index in [1.165, 1.54) is 24.6 Å². The third-order valence-electron chi connectivity index (χ3n) is 3.94. The molecule has 0 atom stereocenters. The summed E-state index contributed by atoms with van der Waals surface area (Å²) >= 11 is 0. The first kappa shape index (κ1) is 16.4. The van der Waals surface area contributed by atoms with Crippen LogP contribution in [0, 0.1) is 6.92 Å². The summed E-state index contributed by atoms with van der Waals surface area (Å²) in [6.45, 7) is 2.30. The minimum atomic E-state index is -3.75. The second-order valence-corrected chi connectivity index (χ2v) is 7.20. The van der Waals surface area contributed by atoms with Gasteiger partial charge in [0.15, 0.2) is 11.5 Å². The molecule has 128 valence electrons. The molecule has 0 bridgehead atoms. The number of benzene rings is 2. The van der Waals surface area contributed by atoms with Crippen LogP contribution in [0.1, 0.15) is 5.56 Å². The predicted octanol–water partition coefficient (Wildman–Crippen LogP) is 2.60. The van der Waals surface area contributed by atoms with Crippen molar-refractivity contribution in [1.82, 2.24) is 0 Å². The fourth-order valence-electron chi connectivity index (χ4n) is 2.75. The Bertz CT molecular complexity index is 863. The summed E-state index contributed by atoms with van der Waals surface area (Å²) in [5.41, 5.74) is 1.13. The number of hydrogen-bond donors (Lipinski definition) is 0. The number of ether oxygens (including phenoxy) is 3. The average molecular weight is 349 g/mol. The average Bonchev–Trinajstić information content (AvgIpc) is 2.60. The summed E-state index contributed by atoms with van der Waals surface area (Å²) < 4.78 is 43.8. The van der Waals surface area contributed by atoms with Crippen molar-refractivity contribution in [1.29, 1.82) is 0 Å². The number of hydrogen-bond acceptors (Lipinski definition) is 5. The molecule has 6 nitrogen and oxygen atoms in total. The molecule has 3 rings (SSSR count). The molecule has 0 aromatic heterocycles. The lowest BCUT2D eigenvalue weighted by Gasteiger charge is -2.31. The van der Waals surface area contributed by atoms with Crippen molar-refractivity contribution in [3.05, 3.63) is 42.0 Å². The zero-order chi connectivity index (χ0) is 17.3. The monoisotopic (exact) mass is 349 g/mol. The highest BCUT2D eigenvalue weighted by atomic mass is 32.2. The molecule has 1 aliphatic rings. The van der Waals surface area contributed by atoms with E-state index in [1.54, 1.807) is 31.2 Å². The standard InChI is InChI=1S/C17H19NO5S/c1-12-10-15(21-2)16(22-3)11-17(12)24(19,20)18-8-9-23-14-7-5-4-6-13(14)18/h4-7,10-11H,8-9H2,1-3H3. The molecular weight excluding hydrogens is 330 g/mol. The minimum absolute atomic E-state index is 0.192. The van der Waals surface area contributed by atoms with Crippen LogP contribution in [-0.4, -0.2) is 35.8 Å². The van der Waals surface area contributed by atoms with Crippen molar-refractivity contribution in [3.63, 3.8) is 0 Å². The SMILES string of the molecule is COc1cc(C)c(S(=O)(=O)N2CCOc3ccccc32)cc1OC.